The summed E-state index contributed by atoms with van der Waals surface area (Å²) < 4.78 is 25.8. The Balaban J connectivity index is 2.14. The summed E-state index contributed by atoms with van der Waals surface area (Å²) in [4.78, 5) is 0. The summed E-state index contributed by atoms with van der Waals surface area (Å²) in [5, 5.41) is 3.95. The molecule has 0 aliphatic heterocycles. The maximum atomic E-state index is 13.0. The van der Waals surface area contributed by atoms with Gasteiger partial charge in [-0.25, -0.2) is 8.78 Å². The van der Waals surface area contributed by atoms with Crippen molar-refractivity contribution in [2.24, 2.45) is 0 Å². The number of para-hydroxylation sites is 1. The summed E-state index contributed by atoms with van der Waals surface area (Å²) in [6, 6.07) is 8.83. The number of nitrogens with one attached hydrogen (secondary N) is 1. The summed E-state index contributed by atoms with van der Waals surface area (Å²) in [5.74, 6) is -1.74. The van der Waals surface area contributed by atoms with Crippen molar-refractivity contribution in [3.05, 3.63) is 63.6 Å². The Morgan fingerprint density at radius 2 is 1.61 bits per heavy atom. The highest BCUT2D eigenvalue weighted by molar-refractivity contribution is 6.39. The maximum Gasteiger partial charge on any atom is 0.159 e. The summed E-state index contributed by atoms with van der Waals surface area (Å²) in [7, 11) is 0. The van der Waals surface area contributed by atoms with E-state index in [9.17, 15) is 8.78 Å². The molecule has 1 N–H and O–H groups in total. The fourth-order valence-electron chi connectivity index (χ4n) is 1.51. The minimum Gasteiger partial charge on any atom is -0.379 e. The van der Waals surface area contributed by atoms with E-state index in [1.165, 1.54) is 6.07 Å². The van der Waals surface area contributed by atoms with Crippen molar-refractivity contribution in [3.63, 3.8) is 0 Å². The largest absolute Gasteiger partial charge is 0.379 e. The molecule has 0 aliphatic rings. The number of benzene rings is 2. The van der Waals surface area contributed by atoms with Crippen LogP contribution in [0, 0.1) is 11.6 Å². The molecule has 0 saturated carbocycles. The number of halogens is 4. The first-order valence-corrected chi connectivity index (χ1v) is 5.95. The van der Waals surface area contributed by atoms with Gasteiger partial charge in [-0.1, -0.05) is 35.3 Å². The van der Waals surface area contributed by atoms with Crippen molar-refractivity contribution < 1.29 is 8.78 Å². The van der Waals surface area contributed by atoms with E-state index in [1.807, 2.05) is 0 Å². The highest BCUT2D eigenvalue weighted by atomic mass is 35.5. The van der Waals surface area contributed by atoms with E-state index >= 15 is 0 Å². The summed E-state index contributed by atoms with van der Waals surface area (Å²) >= 11 is 11.9. The van der Waals surface area contributed by atoms with Crippen LogP contribution in [0.2, 0.25) is 10.0 Å². The highest BCUT2D eigenvalue weighted by Crippen LogP contribution is 2.30. The molecule has 0 bridgehead atoms. The van der Waals surface area contributed by atoms with Gasteiger partial charge in [0.25, 0.3) is 0 Å². The lowest BCUT2D eigenvalue weighted by molar-refractivity contribution is 0.507. The third-order valence-corrected chi connectivity index (χ3v) is 3.05. The molecular weight excluding hydrogens is 279 g/mol. The Morgan fingerprint density at radius 3 is 2.22 bits per heavy atom. The zero-order valence-corrected chi connectivity index (χ0v) is 10.7. The average molecular weight is 288 g/mol. The van der Waals surface area contributed by atoms with Crippen molar-refractivity contribution in [1.82, 2.24) is 0 Å². The molecule has 18 heavy (non-hydrogen) atoms. The second-order valence-electron chi connectivity index (χ2n) is 3.70. The van der Waals surface area contributed by atoms with Gasteiger partial charge in [0.05, 0.1) is 15.7 Å². The van der Waals surface area contributed by atoms with Crippen LogP contribution in [-0.2, 0) is 6.54 Å². The molecule has 0 fully saturated rings. The molecule has 0 saturated heterocycles. The molecule has 0 spiro atoms. The van der Waals surface area contributed by atoms with Gasteiger partial charge in [-0.2, -0.15) is 0 Å². The van der Waals surface area contributed by atoms with Crippen LogP contribution in [0.4, 0.5) is 14.5 Å². The zero-order valence-electron chi connectivity index (χ0n) is 9.18. The summed E-state index contributed by atoms with van der Waals surface area (Å²) in [6.45, 7) is 0.306. The molecule has 2 aromatic carbocycles. The first-order valence-electron chi connectivity index (χ1n) is 5.20. The quantitative estimate of drug-likeness (QED) is 0.848. The lowest BCUT2D eigenvalue weighted by atomic mass is 10.2. The fourth-order valence-corrected chi connectivity index (χ4v) is 2.04. The normalized spacial score (nSPS) is 10.4. The monoisotopic (exact) mass is 287 g/mol. The Labute approximate surface area is 113 Å². The molecule has 0 heterocycles. The molecule has 0 unspecified atom stereocenters. The second-order valence-corrected chi connectivity index (χ2v) is 4.51. The van der Waals surface area contributed by atoms with Crippen molar-refractivity contribution in [3.8, 4) is 0 Å². The molecule has 0 radical (unpaired) electrons. The van der Waals surface area contributed by atoms with E-state index < -0.39 is 11.6 Å². The van der Waals surface area contributed by atoms with Gasteiger partial charge in [0.2, 0.25) is 0 Å². The molecule has 0 amide bonds. The SMILES string of the molecule is Fc1ccc(CNc2c(Cl)cccc2Cl)cc1F. The zero-order chi connectivity index (χ0) is 13.1. The van der Waals surface area contributed by atoms with Crippen molar-refractivity contribution in [2.45, 2.75) is 6.54 Å². The molecule has 5 heteroatoms. The Hall–Kier alpha value is -1.32. The van der Waals surface area contributed by atoms with Crippen molar-refractivity contribution >= 4 is 28.9 Å². The van der Waals surface area contributed by atoms with Crippen molar-refractivity contribution in [1.29, 1.82) is 0 Å². The third kappa shape index (κ3) is 2.92. The first-order chi connectivity index (χ1) is 8.58. The Bertz CT molecular complexity index is 553. The molecule has 1 nitrogen and oxygen atoms in total. The molecule has 0 aliphatic carbocycles. The predicted molar refractivity (Wildman–Crippen MR) is 70.1 cm³/mol. The minimum atomic E-state index is -0.875. The van der Waals surface area contributed by atoms with E-state index in [4.69, 9.17) is 23.2 Å². The number of hydrogen-bond acceptors (Lipinski definition) is 1. The number of hydrogen-bond donors (Lipinski definition) is 1. The molecule has 0 aromatic heterocycles. The molecule has 2 rings (SSSR count). The lowest BCUT2D eigenvalue weighted by Gasteiger charge is -2.10. The minimum absolute atomic E-state index is 0.306. The Morgan fingerprint density at radius 1 is 0.944 bits per heavy atom. The van der Waals surface area contributed by atoms with Gasteiger partial charge in [0.1, 0.15) is 0 Å². The van der Waals surface area contributed by atoms with Gasteiger partial charge in [-0.05, 0) is 29.8 Å². The maximum absolute atomic E-state index is 13.0. The first kappa shape index (κ1) is 13.1. The average Bonchev–Trinajstić information content (AvgIpc) is 2.33. The van der Waals surface area contributed by atoms with Gasteiger partial charge in [-0.3, -0.25) is 0 Å². The van der Waals surface area contributed by atoms with E-state index in [2.05, 4.69) is 5.32 Å². The van der Waals surface area contributed by atoms with E-state index in [1.54, 1.807) is 18.2 Å². The fraction of sp³-hybridized carbons (Fsp3) is 0.0769. The van der Waals surface area contributed by atoms with Crippen molar-refractivity contribution in [2.75, 3.05) is 5.32 Å². The van der Waals surface area contributed by atoms with Crippen LogP contribution in [0.1, 0.15) is 5.56 Å². The van der Waals surface area contributed by atoms with Gasteiger partial charge < -0.3 is 5.32 Å². The highest BCUT2D eigenvalue weighted by Gasteiger charge is 2.06. The smallest absolute Gasteiger partial charge is 0.159 e. The van der Waals surface area contributed by atoms with Crippen LogP contribution >= 0.6 is 23.2 Å². The predicted octanol–water partition coefficient (Wildman–Crippen LogP) is 4.88. The van der Waals surface area contributed by atoms with Crippen LogP contribution in [0.25, 0.3) is 0 Å². The summed E-state index contributed by atoms with van der Waals surface area (Å²) in [6.07, 6.45) is 0. The van der Waals surface area contributed by atoms with Gasteiger partial charge in [0, 0.05) is 6.54 Å². The van der Waals surface area contributed by atoms with E-state index in [0.717, 1.165) is 12.1 Å². The number of anilines is 1. The second kappa shape index (κ2) is 5.55. The van der Waals surface area contributed by atoms with Crippen LogP contribution in [0.5, 0.6) is 0 Å². The van der Waals surface area contributed by atoms with Crippen LogP contribution in [-0.4, -0.2) is 0 Å². The summed E-state index contributed by atoms with van der Waals surface area (Å²) in [5.41, 5.74) is 1.18. The standard InChI is InChI=1S/C13H9Cl2F2N/c14-9-2-1-3-10(15)13(9)18-7-8-4-5-11(16)12(17)6-8/h1-6,18H,7H2. The number of rotatable bonds is 3. The molecule has 94 valence electrons. The topological polar surface area (TPSA) is 12.0 Å². The Kier molecular flexibility index (Phi) is 4.04. The molecule has 0 atom stereocenters. The lowest BCUT2D eigenvalue weighted by Crippen LogP contribution is -2.01. The van der Waals surface area contributed by atoms with Crippen LogP contribution in [0.3, 0.4) is 0 Å². The van der Waals surface area contributed by atoms with Gasteiger partial charge in [0.15, 0.2) is 11.6 Å². The van der Waals surface area contributed by atoms with E-state index in [-0.39, 0.29) is 0 Å². The van der Waals surface area contributed by atoms with Crippen LogP contribution < -0.4 is 5.32 Å². The van der Waals surface area contributed by atoms with Crippen LogP contribution in [0.15, 0.2) is 36.4 Å². The third-order valence-electron chi connectivity index (χ3n) is 2.42. The van der Waals surface area contributed by atoms with Gasteiger partial charge >= 0.3 is 0 Å². The van der Waals surface area contributed by atoms with E-state index in [0.29, 0.717) is 27.8 Å². The molecular formula is C13H9Cl2F2N. The molecule has 2 aromatic rings. The van der Waals surface area contributed by atoms with Gasteiger partial charge in [-0.15, -0.1) is 0 Å².